The van der Waals surface area contributed by atoms with Gasteiger partial charge in [-0.2, -0.15) is 10.5 Å². The maximum absolute atomic E-state index is 12.3. The Morgan fingerprint density at radius 3 is 0.919 bits per heavy atom. The molecular weight excluding hydrogens is 757 g/mol. The van der Waals surface area contributed by atoms with Crippen LogP contribution in [0.25, 0.3) is 104 Å². The van der Waals surface area contributed by atoms with Gasteiger partial charge in [0.05, 0.1) is 67.9 Å². The lowest BCUT2D eigenvalue weighted by Crippen LogP contribution is -2.31. The molecule has 6 heteroatoms. The zero-order valence-corrected chi connectivity index (χ0v) is 33.3. The quantitative estimate of drug-likeness (QED) is 0.178. The van der Waals surface area contributed by atoms with E-state index < -0.39 is 12.0 Å². The number of aromatic nitrogens is 4. The molecule has 4 aromatic heterocycles. The fourth-order valence-electron chi connectivity index (χ4n) is 10.9. The van der Waals surface area contributed by atoms with Gasteiger partial charge >= 0.3 is 0 Å². The van der Waals surface area contributed by atoms with Crippen LogP contribution in [0.2, 0.25) is 0 Å². The first-order valence-electron chi connectivity index (χ1n) is 21.0. The molecule has 0 fully saturated rings. The number of nitrogens with zero attached hydrogens (tertiary/aromatic N) is 6. The van der Waals surface area contributed by atoms with E-state index in [1.54, 1.807) is 0 Å². The fourth-order valence-corrected chi connectivity index (χ4v) is 10.9. The number of fused-ring (bicyclic) bond motifs is 12. The maximum atomic E-state index is 12.3. The summed E-state index contributed by atoms with van der Waals surface area (Å²) in [6, 6.07) is 72.8. The van der Waals surface area contributed by atoms with Crippen molar-refractivity contribution in [2.45, 2.75) is 6.04 Å². The Morgan fingerprint density at radius 2 is 0.597 bits per heavy atom. The average Bonchev–Trinajstić information content (AvgIpc) is 4.06. The lowest BCUT2D eigenvalue weighted by molar-refractivity contribution is 0.557. The second kappa shape index (κ2) is 13.0. The first-order valence-corrected chi connectivity index (χ1v) is 21.0. The summed E-state index contributed by atoms with van der Waals surface area (Å²) in [6.45, 7) is 0. The lowest BCUT2D eigenvalue weighted by Gasteiger charge is -2.38. The molecule has 288 valence electrons. The van der Waals surface area contributed by atoms with Gasteiger partial charge in [-0.1, -0.05) is 146 Å². The molecule has 13 rings (SSSR count). The minimum atomic E-state index is -0.824. The summed E-state index contributed by atoms with van der Waals surface area (Å²) in [5.41, 5.74) is 10.5. The van der Waals surface area contributed by atoms with Crippen molar-refractivity contribution in [3.8, 4) is 12.1 Å². The number of nitriles is 2. The molecule has 2 unspecified atom stereocenters. The van der Waals surface area contributed by atoms with E-state index in [1.165, 1.54) is 0 Å². The first-order chi connectivity index (χ1) is 30.8. The van der Waals surface area contributed by atoms with E-state index in [1.807, 2.05) is 0 Å². The average molecular weight is 791 g/mol. The SMILES string of the molecule is N#CC1=C(n2c3ccccc3c3ccccc32)C(n2c3ccccc3c3ccccc32)C(C#N)C(n2c3ccccc3c3ccccc32)=C1n1c2ccccc2c2ccccc21. The molecule has 8 aromatic carbocycles. The van der Waals surface area contributed by atoms with Crippen LogP contribution in [0.1, 0.15) is 6.04 Å². The fraction of sp³-hybridized carbons (Fsp3) is 0.0357. The summed E-state index contributed by atoms with van der Waals surface area (Å²) in [6.07, 6.45) is 0. The van der Waals surface area contributed by atoms with Gasteiger partial charge < -0.3 is 18.3 Å². The van der Waals surface area contributed by atoms with Crippen molar-refractivity contribution >= 4 is 104 Å². The number of hydrogen-bond acceptors (Lipinski definition) is 2. The van der Waals surface area contributed by atoms with E-state index in [-0.39, 0.29) is 0 Å². The standard InChI is InChI=1S/C56H34N6/c57-33-43-53(59-45-25-9-1-17-35(45)36-18-2-10-26-46(36)59)54(60-47-27-11-3-19-37(47)38-20-4-12-28-48(38)60)44(34-58)56(62-51-31-15-7-23-41(51)42-24-8-16-32-52(42)62)55(43)61-49-29-13-5-21-39(49)40-22-6-14-30-50(40)61/h1-32,43,53H. The van der Waals surface area contributed by atoms with Crippen LogP contribution in [0.5, 0.6) is 0 Å². The minimum absolute atomic E-state index is 0.498. The van der Waals surface area contributed by atoms with Crippen LogP contribution in [-0.2, 0) is 0 Å². The Hall–Kier alpha value is -8.58. The highest BCUT2D eigenvalue weighted by Gasteiger charge is 2.45. The maximum Gasteiger partial charge on any atom is 0.115 e. The second-order valence-electron chi connectivity index (χ2n) is 16.2. The molecule has 0 saturated carbocycles. The third-order valence-corrected chi connectivity index (χ3v) is 13.2. The zero-order chi connectivity index (χ0) is 41.1. The van der Waals surface area contributed by atoms with Crippen molar-refractivity contribution in [2.24, 2.45) is 5.92 Å². The number of hydrogen-bond donors (Lipinski definition) is 0. The van der Waals surface area contributed by atoms with Gasteiger partial charge in [0.2, 0.25) is 0 Å². The molecule has 1 aliphatic carbocycles. The Balaban J connectivity index is 1.33. The zero-order valence-electron chi connectivity index (χ0n) is 33.3. The molecule has 0 aliphatic heterocycles. The molecule has 0 N–H and O–H groups in total. The molecule has 62 heavy (non-hydrogen) atoms. The third-order valence-electron chi connectivity index (χ3n) is 13.2. The van der Waals surface area contributed by atoms with Gasteiger partial charge in [-0.15, -0.1) is 0 Å². The number of benzene rings is 8. The van der Waals surface area contributed by atoms with E-state index in [4.69, 9.17) is 0 Å². The molecule has 0 amide bonds. The van der Waals surface area contributed by atoms with E-state index in [9.17, 15) is 10.5 Å². The molecule has 1 aliphatic rings. The minimum Gasteiger partial charge on any atom is -0.330 e. The Kier molecular flexibility index (Phi) is 7.17. The summed E-state index contributed by atoms with van der Waals surface area (Å²) in [7, 11) is 0. The Bertz CT molecular complexity index is 3820. The predicted octanol–water partition coefficient (Wildman–Crippen LogP) is 13.8. The highest BCUT2D eigenvalue weighted by atomic mass is 15.2. The molecule has 0 saturated heterocycles. The highest BCUT2D eigenvalue weighted by Crippen LogP contribution is 2.54. The summed E-state index contributed by atoms with van der Waals surface area (Å²) in [4.78, 5) is 0. The van der Waals surface area contributed by atoms with Crippen molar-refractivity contribution in [1.29, 1.82) is 10.5 Å². The predicted molar refractivity (Wildman–Crippen MR) is 254 cm³/mol. The molecule has 2 atom stereocenters. The van der Waals surface area contributed by atoms with E-state index >= 15 is 0 Å². The molecule has 4 heterocycles. The van der Waals surface area contributed by atoms with Gasteiger partial charge in [0.1, 0.15) is 12.0 Å². The number of allylic oxidation sites excluding steroid dienone is 4. The van der Waals surface area contributed by atoms with Gasteiger partial charge in [-0.25, -0.2) is 0 Å². The van der Waals surface area contributed by atoms with Crippen LogP contribution in [0, 0.1) is 28.6 Å². The molecule has 0 spiro atoms. The molecule has 12 aromatic rings. The van der Waals surface area contributed by atoms with Crippen LogP contribution < -0.4 is 0 Å². The second-order valence-corrected chi connectivity index (χ2v) is 16.2. The van der Waals surface area contributed by atoms with Gasteiger partial charge in [0.25, 0.3) is 0 Å². The molecule has 0 bridgehead atoms. The highest BCUT2D eigenvalue weighted by molar-refractivity contribution is 6.18. The summed E-state index contributed by atoms with van der Waals surface area (Å²) in [5, 5.41) is 33.3. The van der Waals surface area contributed by atoms with Crippen molar-refractivity contribution in [3.63, 3.8) is 0 Å². The lowest BCUT2D eigenvalue weighted by atomic mass is 9.83. The largest absolute Gasteiger partial charge is 0.330 e. The van der Waals surface area contributed by atoms with Gasteiger partial charge in [0.15, 0.2) is 0 Å². The van der Waals surface area contributed by atoms with E-state index in [0.29, 0.717) is 11.3 Å². The van der Waals surface area contributed by atoms with Gasteiger partial charge in [0, 0.05) is 54.1 Å². The summed E-state index contributed by atoms with van der Waals surface area (Å²) < 4.78 is 9.20. The monoisotopic (exact) mass is 790 g/mol. The van der Waals surface area contributed by atoms with E-state index in [0.717, 1.165) is 98.6 Å². The molecule has 0 radical (unpaired) electrons. The Labute approximate surface area is 355 Å². The van der Waals surface area contributed by atoms with Crippen molar-refractivity contribution in [3.05, 3.63) is 200 Å². The number of rotatable bonds is 4. The van der Waals surface area contributed by atoms with Crippen LogP contribution >= 0.6 is 0 Å². The van der Waals surface area contributed by atoms with Gasteiger partial charge in [-0.05, 0) is 48.5 Å². The number of para-hydroxylation sites is 8. The van der Waals surface area contributed by atoms with Crippen LogP contribution in [0.15, 0.2) is 200 Å². The topological polar surface area (TPSA) is 67.3 Å². The summed E-state index contributed by atoms with van der Waals surface area (Å²) >= 11 is 0. The molecular formula is C56H34N6. The van der Waals surface area contributed by atoms with Crippen LogP contribution in [0.3, 0.4) is 0 Å². The van der Waals surface area contributed by atoms with Crippen LogP contribution in [-0.4, -0.2) is 18.3 Å². The van der Waals surface area contributed by atoms with Gasteiger partial charge in [-0.3, -0.25) is 0 Å². The van der Waals surface area contributed by atoms with Crippen molar-refractivity contribution < 1.29 is 0 Å². The normalized spacial score (nSPS) is 15.9. The van der Waals surface area contributed by atoms with Crippen molar-refractivity contribution in [2.75, 3.05) is 0 Å². The van der Waals surface area contributed by atoms with E-state index in [2.05, 4.69) is 225 Å². The van der Waals surface area contributed by atoms with Crippen LogP contribution in [0.4, 0.5) is 0 Å². The van der Waals surface area contributed by atoms with Crippen molar-refractivity contribution in [1.82, 2.24) is 18.3 Å². The Morgan fingerprint density at radius 1 is 0.323 bits per heavy atom. The first kappa shape index (κ1) is 34.3. The summed E-state index contributed by atoms with van der Waals surface area (Å²) in [5.74, 6) is -0.824. The third kappa shape index (κ3) is 4.45. The molecule has 6 nitrogen and oxygen atoms in total. The smallest absolute Gasteiger partial charge is 0.115 e.